The van der Waals surface area contributed by atoms with Crippen LogP contribution in [0.15, 0.2) is 0 Å². The first-order chi connectivity index (χ1) is 6.40. The second-order valence-electron chi connectivity index (χ2n) is 2.32. The average molecular weight is 209 g/mol. The summed E-state index contributed by atoms with van der Waals surface area (Å²) < 4.78 is 24.2. The Morgan fingerprint density at radius 1 is 1.36 bits per heavy atom. The Morgan fingerprint density at radius 2 is 1.86 bits per heavy atom. The zero-order chi connectivity index (χ0) is 11.3. The molecule has 6 nitrogen and oxygen atoms in total. The topological polar surface area (TPSA) is 69.7 Å². The molecule has 0 fully saturated rings. The van der Waals surface area contributed by atoms with Crippen LogP contribution in [0.4, 0.5) is 13.7 Å². The van der Waals surface area contributed by atoms with Crippen LogP contribution in [0.3, 0.4) is 0 Å². The number of carbonyl (C=O) groups is 3. The van der Waals surface area contributed by atoms with E-state index >= 15 is 0 Å². The van der Waals surface area contributed by atoms with E-state index in [1.54, 1.807) is 0 Å². The molecule has 0 bridgehead atoms. The van der Waals surface area contributed by atoms with Gasteiger partial charge in [-0.25, -0.2) is 14.2 Å². The zero-order valence-corrected chi connectivity index (χ0v) is 7.58. The summed E-state index contributed by atoms with van der Waals surface area (Å²) in [5.74, 6) is -2.26. The Morgan fingerprint density at radius 3 is 2.21 bits per heavy atom. The van der Waals surface area contributed by atoms with E-state index in [4.69, 9.17) is 0 Å². The maximum Gasteiger partial charge on any atom is 0.374 e. The molecule has 0 aliphatic heterocycles. The fourth-order valence-corrected chi connectivity index (χ4v) is 0.575. The van der Waals surface area contributed by atoms with Crippen molar-refractivity contribution < 1.29 is 23.3 Å². The number of rotatable bonds is 1. The van der Waals surface area contributed by atoms with Gasteiger partial charge < -0.3 is 0 Å². The van der Waals surface area contributed by atoms with Crippen LogP contribution in [-0.2, 0) is 9.59 Å². The summed E-state index contributed by atoms with van der Waals surface area (Å²) in [6.45, 7) is -0.542. The van der Waals surface area contributed by atoms with Gasteiger partial charge in [-0.2, -0.15) is 0 Å². The highest BCUT2D eigenvalue weighted by atomic mass is 19.2. The summed E-state index contributed by atoms with van der Waals surface area (Å²) in [6.07, 6.45) is 0. The number of amides is 4. The molecular formula is C6H9F2N3O3. The van der Waals surface area contributed by atoms with Crippen molar-refractivity contribution in [2.45, 2.75) is 6.92 Å². The third kappa shape index (κ3) is 3.33. The molecule has 4 amide bonds. The molecule has 0 aromatic heterocycles. The highest BCUT2D eigenvalue weighted by molar-refractivity contribution is 5.94. The van der Waals surface area contributed by atoms with Gasteiger partial charge in [0.05, 0.1) is 0 Å². The molecule has 0 aliphatic rings. The first-order valence-electron chi connectivity index (χ1n) is 3.49. The summed E-state index contributed by atoms with van der Waals surface area (Å²) in [4.78, 5) is 31.6. The Labute approximate surface area is 78.4 Å². The van der Waals surface area contributed by atoms with Gasteiger partial charge in [0.25, 0.3) is 5.91 Å². The number of urea groups is 1. The highest BCUT2D eigenvalue weighted by Gasteiger charge is 2.25. The third-order valence-corrected chi connectivity index (χ3v) is 1.11. The van der Waals surface area contributed by atoms with Gasteiger partial charge in [-0.05, 0) is 0 Å². The Balaban J connectivity index is 4.31. The van der Waals surface area contributed by atoms with Gasteiger partial charge >= 0.3 is 6.03 Å². The van der Waals surface area contributed by atoms with Crippen molar-refractivity contribution in [1.82, 2.24) is 15.6 Å². The van der Waals surface area contributed by atoms with Crippen molar-refractivity contribution in [2.24, 2.45) is 0 Å². The molecule has 8 heteroatoms. The molecule has 0 aliphatic carbocycles. The lowest BCUT2D eigenvalue weighted by Gasteiger charge is -2.19. The van der Waals surface area contributed by atoms with E-state index in [0.717, 1.165) is 14.0 Å². The molecule has 0 atom stereocenters. The molecule has 1 N–H and O–H groups in total. The molecule has 0 saturated heterocycles. The normalized spacial score (nSPS) is 9.14. The molecule has 0 aromatic carbocycles. The van der Waals surface area contributed by atoms with Gasteiger partial charge in [-0.15, -0.1) is 0 Å². The van der Waals surface area contributed by atoms with Gasteiger partial charge in [0.2, 0.25) is 5.91 Å². The number of imide groups is 1. The van der Waals surface area contributed by atoms with Crippen molar-refractivity contribution in [2.75, 3.05) is 13.7 Å². The molecule has 0 aromatic rings. The van der Waals surface area contributed by atoms with Gasteiger partial charge in [-0.3, -0.25) is 15.0 Å². The monoisotopic (exact) mass is 209 g/mol. The molecule has 0 spiro atoms. The number of carbonyl (C=O) groups excluding carboxylic acids is 3. The standard InChI is InChI=1S/C6H9F2N3O3/c1-4(12)9-10(2)6(14)11(8)5(13)3-7/h3H2,1-2H3,(H,9,12). The molecule has 0 rings (SSSR count). The van der Waals surface area contributed by atoms with E-state index in [-0.39, 0.29) is 0 Å². The van der Waals surface area contributed by atoms with Crippen LogP contribution < -0.4 is 5.43 Å². The van der Waals surface area contributed by atoms with E-state index in [2.05, 4.69) is 0 Å². The van der Waals surface area contributed by atoms with E-state index in [0.29, 0.717) is 5.01 Å². The number of halogens is 2. The van der Waals surface area contributed by atoms with Crippen LogP contribution in [-0.4, -0.2) is 41.7 Å². The number of nitrogens with one attached hydrogen (secondary N) is 1. The van der Waals surface area contributed by atoms with Crippen molar-refractivity contribution in [3.05, 3.63) is 0 Å². The Kier molecular flexibility index (Phi) is 4.47. The van der Waals surface area contributed by atoms with E-state index in [1.165, 1.54) is 0 Å². The first kappa shape index (κ1) is 12.3. The number of nitrogens with zero attached hydrogens (tertiary/aromatic N) is 2. The minimum atomic E-state index is -1.63. The Bertz CT molecular complexity index is 259. The number of alkyl halides is 1. The van der Waals surface area contributed by atoms with Crippen molar-refractivity contribution >= 4 is 17.8 Å². The predicted octanol–water partition coefficient (Wildman–Crippen LogP) is -0.228. The third-order valence-electron chi connectivity index (χ3n) is 1.11. The maximum atomic E-state index is 12.6. The minimum absolute atomic E-state index is 0.426. The van der Waals surface area contributed by atoms with Gasteiger partial charge in [-0.1, -0.05) is 9.60 Å². The van der Waals surface area contributed by atoms with E-state index < -0.39 is 29.6 Å². The van der Waals surface area contributed by atoms with Crippen molar-refractivity contribution in [3.63, 3.8) is 0 Å². The molecule has 0 saturated carbocycles. The number of hydrogen-bond acceptors (Lipinski definition) is 3. The van der Waals surface area contributed by atoms with Crippen LogP contribution >= 0.6 is 0 Å². The molecule has 0 heterocycles. The van der Waals surface area contributed by atoms with Crippen LogP contribution in [0.25, 0.3) is 0 Å². The largest absolute Gasteiger partial charge is 0.374 e. The molecule has 0 unspecified atom stereocenters. The highest BCUT2D eigenvalue weighted by Crippen LogP contribution is 1.97. The first-order valence-corrected chi connectivity index (χ1v) is 3.49. The smallest absolute Gasteiger partial charge is 0.274 e. The van der Waals surface area contributed by atoms with Crippen molar-refractivity contribution in [1.29, 1.82) is 0 Å². The summed E-state index contributed by atoms with van der Waals surface area (Å²) in [5.41, 5.74) is 1.89. The quantitative estimate of drug-likeness (QED) is 0.479. The van der Waals surface area contributed by atoms with Crippen LogP contribution in [0.1, 0.15) is 6.92 Å². The fourth-order valence-electron chi connectivity index (χ4n) is 0.575. The second-order valence-corrected chi connectivity index (χ2v) is 2.32. The molecule has 80 valence electrons. The zero-order valence-electron chi connectivity index (χ0n) is 7.58. The van der Waals surface area contributed by atoms with Crippen LogP contribution in [0, 0.1) is 0 Å². The lowest BCUT2D eigenvalue weighted by atomic mass is 10.6. The van der Waals surface area contributed by atoms with E-state index in [1.807, 2.05) is 5.43 Å². The Hall–Kier alpha value is -1.73. The average Bonchev–Trinajstić information content (AvgIpc) is 2.13. The summed E-state index contributed by atoms with van der Waals surface area (Å²) >= 11 is 0. The molecule has 0 radical (unpaired) electrons. The predicted molar refractivity (Wildman–Crippen MR) is 40.9 cm³/mol. The van der Waals surface area contributed by atoms with Crippen LogP contribution in [0.5, 0.6) is 0 Å². The van der Waals surface area contributed by atoms with Crippen molar-refractivity contribution in [3.8, 4) is 0 Å². The fraction of sp³-hybridized carbons (Fsp3) is 0.500. The number of hydrogen-bond donors (Lipinski definition) is 1. The van der Waals surface area contributed by atoms with Gasteiger partial charge in [0.1, 0.15) is 0 Å². The second kappa shape index (κ2) is 5.10. The molecule has 14 heavy (non-hydrogen) atoms. The number of hydrazine groups is 1. The lowest BCUT2D eigenvalue weighted by Crippen LogP contribution is -2.48. The summed E-state index contributed by atoms with van der Waals surface area (Å²) in [6, 6.07) is -1.47. The maximum absolute atomic E-state index is 12.6. The SMILES string of the molecule is CC(=O)NN(C)C(=O)N(F)C(=O)CF. The summed E-state index contributed by atoms with van der Waals surface area (Å²) in [5, 5.41) is -0.494. The molecular weight excluding hydrogens is 200 g/mol. The van der Waals surface area contributed by atoms with Crippen LogP contribution in [0.2, 0.25) is 0 Å². The summed E-state index contributed by atoms with van der Waals surface area (Å²) in [7, 11) is 1.02. The lowest BCUT2D eigenvalue weighted by molar-refractivity contribution is -0.142. The van der Waals surface area contributed by atoms with Gasteiger partial charge in [0, 0.05) is 14.0 Å². The minimum Gasteiger partial charge on any atom is -0.274 e. The van der Waals surface area contributed by atoms with E-state index in [9.17, 15) is 23.3 Å². The van der Waals surface area contributed by atoms with Gasteiger partial charge in [0.15, 0.2) is 6.67 Å².